The van der Waals surface area contributed by atoms with Crippen molar-refractivity contribution in [1.82, 2.24) is 4.31 Å². The second-order valence-corrected chi connectivity index (χ2v) is 7.16. The highest BCUT2D eigenvalue weighted by Gasteiger charge is 2.35. The Bertz CT molecular complexity index is 590. The SMILES string of the molecule is COc1ccc(Cl)cc1S(=O)(=O)N1CC(C)OCC1C. The molecule has 1 fully saturated rings. The Kier molecular flexibility index (Phi) is 4.59. The minimum absolute atomic E-state index is 0.0912. The number of benzene rings is 1. The Balaban J connectivity index is 2.46. The first-order valence-electron chi connectivity index (χ1n) is 6.33. The van der Waals surface area contributed by atoms with Crippen LogP contribution in [0.3, 0.4) is 0 Å². The van der Waals surface area contributed by atoms with Crippen LogP contribution in [0.25, 0.3) is 0 Å². The van der Waals surface area contributed by atoms with Crippen LogP contribution < -0.4 is 4.74 Å². The highest BCUT2D eigenvalue weighted by Crippen LogP contribution is 2.31. The summed E-state index contributed by atoms with van der Waals surface area (Å²) >= 11 is 5.92. The van der Waals surface area contributed by atoms with E-state index in [4.69, 9.17) is 21.1 Å². The molecule has 112 valence electrons. The minimum Gasteiger partial charge on any atom is -0.495 e. The summed E-state index contributed by atoms with van der Waals surface area (Å²) in [4.78, 5) is 0.0912. The van der Waals surface area contributed by atoms with Crippen molar-refractivity contribution in [1.29, 1.82) is 0 Å². The summed E-state index contributed by atoms with van der Waals surface area (Å²) in [6.07, 6.45) is -0.133. The molecule has 0 aromatic heterocycles. The minimum atomic E-state index is -3.67. The van der Waals surface area contributed by atoms with Gasteiger partial charge in [-0.15, -0.1) is 0 Å². The molecule has 1 aliphatic rings. The van der Waals surface area contributed by atoms with E-state index < -0.39 is 10.0 Å². The monoisotopic (exact) mass is 319 g/mol. The molecule has 1 heterocycles. The van der Waals surface area contributed by atoms with E-state index in [1.165, 1.54) is 17.5 Å². The van der Waals surface area contributed by atoms with E-state index in [1.807, 2.05) is 13.8 Å². The number of ether oxygens (including phenoxy) is 2. The average molecular weight is 320 g/mol. The molecule has 0 radical (unpaired) electrons. The van der Waals surface area contributed by atoms with Gasteiger partial charge in [0.25, 0.3) is 0 Å². The Morgan fingerprint density at radius 3 is 2.75 bits per heavy atom. The fraction of sp³-hybridized carbons (Fsp3) is 0.538. The van der Waals surface area contributed by atoms with E-state index in [0.29, 0.717) is 23.9 Å². The number of nitrogens with zero attached hydrogens (tertiary/aromatic N) is 1. The van der Waals surface area contributed by atoms with Crippen molar-refractivity contribution < 1.29 is 17.9 Å². The van der Waals surface area contributed by atoms with Crippen LogP contribution >= 0.6 is 11.6 Å². The topological polar surface area (TPSA) is 55.8 Å². The van der Waals surface area contributed by atoms with Crippen LogP contribution in [0.5, 0.6) is 5.75 Å². The van der Waals surface area contributed by atoms with E-state index in [0.717, 1.165) is 0 Å². The molecule has 0 spiro atoms. The lowest BCUT2D eigenvalue weighted by molar-refractivity contribution is -0.0171. The predicted molar refractivity (Wildman–Crippen MR) is 76.8 cm³/mol. The molecule has 1 aliphatic heterocycles. The number of halogens is 1. The Labute approximate surface area is 124 Å². The average Bonchev–Trinajstić information content (AvgIpc) is 2.41. The maximum Gasteiger partial charge on any atom is 0.247 e. The standard InChI is InChI=1S/C13H18ClNO4S/c1-9-8-19-10(2)7-15(9)20(16,17)13-6-11(14)4-5-12(13)18-3/h4-6,9-10H,7-8H2,1-3H3. The molecule has 1 aromatic carbocycles. The van der Waals surface area contributed by atoms with Crippen LogP contribution in [0, 0.1) is 0 Å². The smallest absolute Gasteiger partial charge is 0.247 e. The van der Waals surface area contributed by atoms with Gasteiger partial charge < -0.3 is 9.47 Å². The van der Waals surface area contributed by atoms with E-state index in [9.17, 15) is 8.42 Å². The van der Waals surface area contributed by atoms with E-state index in [1.54, 1.807) is 12.1 Å². The Hall–Kier alpha value is -0.820. The van der Waals surface area contributed by atoms with Gasteiger partial charge in [-0.2, -0.15) is 4.31 Å². The van der Waals surface area contributed by atoms with Gasteiger partial charge in [-0.3, -0.25) is 0 Å². The molecule has 2 unspecified atom stereocenters. The van der Waals surface area contributed by atoms with Gasteiger partial charge in [0.05, 0.1) is 19.8 Å². The molecule has 5 nitrogen and oxygen atoms in total. The first kappa shape index (κ1) is 15.6. The normalized spacial score (nSPS) is 24.6. The summed E-state index contributed by atoms with van der Waals surface area (Å²) in [5, 5.41) is 0.360. The third-order valence-electron chi connectivity index (χ3n) is 3.26. The number of morpholine rings is 1. The lowest BCUT2D eigenvalue weighted by Gasteiger charge is -2.35. The zero-order valence-electron chi connectivity index (χ0n) is 11.7. The maximum absolute atomic E-state index is 12.8. The summed E-state index contributed by atoms with van der Waals surface area (Å²) in [6.45, 7) is 4.37. The van der Waals surface area contributed by atoms with Crippen LogP contribution in [-0.2, 0) is 14.8 Å². The fourth-order valence-electron chi connectivity index (χ4n) is 2.19. The first-order chi connectivity index (χ1) is 9.36. The number of hydrogen-bond donors (Lipinski definition) is 0. The zero-order valence-corrected chi connectivity index (χ0v) is 13.2. The molecule has 0 N–H and O–H groups in total. The van der Waals surface area contributed by atoms with Gasteiger partial charge >= 0.3 is 0 Å². The van der Waals surface area contributed by atoms with Crippen molar-refractivity contribution in [2.24, 2.45) is 0 Å². The van der Waals surface area contributed by atoms with Gasteiger partial charge in [0, 0.05) is 17.6 Å². The lowest BCUT2D eigenvalue weighted by Crippen LogP contribution is -2.50. The third-order valence-corrected chi connectivity index (χ3v) is 5.50. The Morgan fingerprint density at radius 2 is 2.10 bits per heavy atom. The first-order valence-corrected chi connectivity index (χ1v) is 8.15. The van der Waals surface area contributed by atoms with Crippen molar-refractivity contribution in [3.05, 3.63) is 23.2 Å². The van der Waals surface area contributed by atoms with Crippen molar-refractivity contribution in [3.8, 4) is 5.75 Å². The quantitative estimate of drug-likeness (QED) is 0.856. The molecule has 2 rings (SSSR count). The second-order valence-electron chi connectivity index (χ2n) is 4.86. The number of sulfonamides is 1. The van der Waals surface area contributed by atoms with Crippen LogP contribution in [0.15, 0.2) is 23.1 Å². The molecule has 2 atom stereocenters. The summed E-state index contributed by atoms with van der Waals surface area (Å²) < 4.78 is 37.7. The van der Waals surface area contributed by atoms with Gasteiger partial charge in [0.1, 0.15) is 10.6 Å². The van der Waals surface area contributed by atoms with Crippen molar-refractivity contribution in [3.63, 3.8) is 0 Å². The third kappa shape index (κ3) is 2.93. The molecule has 0 amide bonds. The second kappa shape index (κ2) is 5.89. The van der Waals surface area contributed by atoms with Gasteiger partial charge in [0.15, 0.2) is 0 Å². The highest BCUT2D eigenvalue weighted by molar-refractivity contribution is 7.89. The fourth-order valence-corrected chi connectivity index (χ4v) is 4.30. The molecular formula is C13H18ClNO4S. The molecular weight excluding hydrogens is 302 g/mol. The van der Waals surface area contributed by atoms with Gasteiger partial charge in [-0.05, 0) is 32.0 Å². The van der Waals surface area contributed by atoms with Crippen molar-refractivity contribution >= 4 is 21.6 Å². The molecule has 0 bridgehead atoms. The molecule has 20 heavy (non-hydrogen) atoms. The molecule has 1 aromatic rings. The summed E-state index contributed by atoms with van der Waals surface area (Å²) in [5.74, 6) is 0.292. The summed E-state index contributed by atoms with van der Waals surface area (Å²) in [5.41, 5.74) is 0. The number of methoxy groups -OCH3 is 1. The summed E-state index contributed by atoms with van der Waals surface area (Å²) in [6, 6.07) is 4.36. The van der Waals surface area contributed by atoms with Crippen molar-refractivity contribution in [2.45, 2.75) is 30.9 Å². The molecule has 0 saturated carbocycles. The molecule has 1 saturated heterocycles. The summed E-state index contributed by atoms with van der Waals surface area (Å²) in [7, 11) is -2.23. The van der Waals surface area contributed by atoms with Crippen molar-refractivity contribution in [2.75, 3.05) is 20.3 Å². The van der Waals surface area contributed by atoms with Crippen LogP contribution in [-0.4, -0.2) is 45.1 Å². The number of hydrogen-bond acceptors (Lipinski definition) is 4. The largest absolute Gasteiger partial charge is 0.495 e. The van der Waals surface area contributed by atoms with Crippen LogP contribution in [0.2, 0.25) is 5.02 Å². The predicted octanol–water partition coefficient (Wildman–Crippen LogP) is 2.15. The van der Waals surface area contributed by atoms with E-state index >= 15 is 0 Å². The molecule has 7 heteroatoms. The maximum atomic E-state index is 12.8. The van der Waals surface area contributed by atoms with Gasteiger partial charge in [0.2, 0.25) is 10.0 Å². The van der Waals surface area contributed by atoms with E-state index in [-0.39, 0.29) is 17.0 Å². The molecule has 0 aliphatic carbocycles. The van der Waals surface area contributed by atoms with E-state index in [2.05, 4.69) is 0 Å². The lowest BCUT2D eigenvalue weighted by atomic mass is 10.2. The zero-order chi connectivity index (χ0) is 14.9. The Morgan fingerprint density at radius 1 is 1.40 bits per heavy atom. The van der Waals surface area contributed by atoms with Gasteiger partial charge in [-0.1, -0.05) is 11.6 Å². The van der Waals surface area contributed by atoms with Gasteiger partial charge in [-0.25, -0.2) is 8.42 Å². The highest BCUT2D eigenvalue weighted by atomic mass is 35.5. The van der Waals surface area contributed by atoms with Crippen LogP contribution in [0.4, 0.5) is 0 Å². The number of rotatable bonds is 3. The van der Waals surface area contributed by atoms with Crippen LogP contribution in [0.1, 0.15) is 13.8 Å².